The molecule has 1 saturated carbocycles. The summed E-state index contributed by atoms with van der Waals surface area (Å²) >= 11 is 12.0. The molecule has 0 radical (unpaired) electrons. The van der Waals surface area contributed by atoms with E-state index < -0.39 is 5.82 Å². The van der Waals surface area contributed by atoms with Gasteiger partial charge in [-0.05, 0) is 31.4 Å². The summed E-state index contributed by atoms with van der Waals surface area (Å²) in [6.45, 7) is 0. The zero-order valence-corrected chi connectivity index (χ0v) is 14.8. The third-order valence-corrected chi connectivity index (χ3v) is 5.09. The zero-order chi connectivity index (χ0) is 18.0. The fourth-order valence-corrected chi connectivity index (χ4v) is 3.41. The number of nitrogens with two attached hydrogens (primary N) is 1. The summed E-state index contributed by atoms with van der Waals surface area (Å²) in [5.41, 5.74) is 6.51. The van der Waals surface area contributed by atoms with Crippen LogP contribution in [0.5, 0.6) is 0 Å². The third kappa shape index (κ3) is 4.08. The molecule has 2 aromatic rings. The van der Waals surface area contributed by atoms with Crippen LogP contribution in [0.1, 0.15) is 25.7 Å². The molecule has 0 bridgehead atoms. The number of hydrogen-bond donors (Lipinski definition) is 2. The normalized spacial score (nSPS) is 20.3. The number of aromatic nitrogens is 2. The number of pyridine rings is 2. The van der Waals surface area contributed by atoms with Crippen molar-refractivity contribution in [3.05, 3.63) is 40.5 Å². The van der Waals surface area contributed by atoms with E-state index in [0.29, 0.717) is 12.0 Å². The zero-order valence-electron chi connectivity index (χ0n) is 13.3. The van der Waals surface area contributed by atoms with E-state index in [0.717, 1.165) is 25.5 Å². The van der Waals surface area contributed by atoms with Gasteiger partial charge >= 0.3 is 0 Å². The number of hydrogen-bond acceptors (Lipinski definition) is 4. The molecule has 1 amide bonds. The number of nitrogens with one attached hydrogen (secondary N) is 1. The predicted octanol–water partition coefficient (Wildman–Crippen LogP) is 4.05. The van der Waals surface area contributed by atoms with Crippen LogP contribution in [-0.4, -0.2) is 21.9 Å². The van der Waals surface area contributed by atoms with Gasteiger partial charge in [0.1, 0.15) is 16.8 Å². The molecule has 1 aliphatic rings. The lowest BCUT2D eigenvalue weighted by Gasteiger charge is -2.25. The SMILES string of the molecule is N[C@@H]1CCC[C@H](C(=O)Nc2cc(-c3ccnc(Cl)c3Cl)c(F)cn2)C1. The standard InChI is InChI=1S/C17H17Cl2FN4O/c18-15-11(4-5-22-16(15)19)12-7-14(23-8-13(12)20)24-17(25)9-2-1-3-10(21)6-9/h4-5,7-10H,1-3,6,21H2,(H,23,24,25)/t9-,10+/m0/s1. The summed E-state index contributed by atoms with van der Waals surface area (Å²) in [5.74, 6) is -0.622. The summed E-state index contributed by atoms with van der Waals surface area (Å²) in [5, 5.41) is 2.96. The van der Waals surface area contributed by atoms with Gasteiger partial charge in [-0.15, -0.1) is 0 Å². The summed E-state index contributed by atoms with van der Waals surface area (Å²) in [4.78, 5) is 20.2. The smallest absolute Gasteiger partial charge is 0.228 e. The topological polar surface area (TPSA) is 80.9 Å². The highest BCUT2D eigenvalue weighted by molar-refractivity contribution is 6.43. The van der Waals surface area contributed by atoms with Gasteiger partial charge < -0.3 is 11.1 Å². The molecule has 0 aromatic carbocycles. The van der Waals surface area contributed by atoms with Gasteiger partial charge in [-0.2, -0.15) is 0 Å². The summed E-state index contributed by atoms with van der Waals surface area (Å²) in [6.07, 6.45) is 5.77. The molecule has 2 heterocycles. The number of halogens is 3. The van der Waals surface area contributed by atoms with Crippen LogP contribution in [0.4, 0.5) is 10.2 Å². The second kappa shape index (κ2) is 7.64. The Balaban J connectivity index is 1.84. The molecule has 25 heavy (non-hydrogen) atoms. The average molecular weight is 383 g/mol. The first kappa shape index (κ1) is 18.0. The minimum Gasteiger partial charge on any atom is -0.328 e. The number of anilines is 1. The van der Waals surface area contributed by atoms with Crippen molar-refractivity contribution in [2.24, 2.45) is 11.7 Å². The van der Waals surface area contributed by atoms with E-state index in [2.05, 4.69) is 15.3 Å². The van der Waals surface area contributed by atoms with E-state index >= 15 is 0 Å². The van der Waals surface area contributed by atoms with Crippen molar-refractivity contribution in [1.82, 2.24) is 9.97 Å². The molecule has 1 aliphatic carbocycles. The molecule has 5 nitrogen and oxygen atoms in total. The van der Waals surface area contributed by atoms with Gasteiger partial charge in [-0.25, -0.2) is 14.4 Å². The Labute approximate surface area is 154 Å². The molecule has 0 unspecified atom stereocenters. The van der Waals surface area contributed by atoms with Crippen LogP contribution in [0.3, 0.4) is 0 Å². The highest BCUT2D eigenvalue weighted by Crippen LogP contribution is 2.34. The van der Waals surface area contributed by atoms with Crippen molar-refractivity contribution in [3.63, 3.8) is 0 Å². The monoisotopic (exact) mass is 382 g/mol. The van der Waals surface area contributed by atoms with E-state index in [4.69, 9.17) is 28.9 Å². The Bertz CT molecular complexity index is 802. The van der Waals surface area contributed by atoms with Crippen LogP contribution in [0.2, 0.25) is 10.2 Å². The van der Waals surface area contributed by atoms with Crippen molar-refractivity contribution >= 4 is 34.9 Å². The maximum Gasteiger partial charge on any atom is 0.228 e. The summed E-state index contributed by atoms with van der Waals surface area (Å²) in [7, 11) is 0. The lowest BCUT2D eigenvalue weighted by molar-refractivity contribution is -0.120. The van der Waals surface area contributed by atoms with E-state index in [1.165, 1.54) is 12.3 Å². The molecule has 0 aliphatic heterocycles. The Morgan fingerprint density at radius 2 is 2.08 bits per heavy atom. The molecule has 132 valence electrons. The fourth-order valence-electron chi connectivity index (χ4n) is 3.03. The molecule has 3 rings (SSSR count). The summed E-state index contributed by atoms with van der Waals surface area (Å²) in [6, 6.07) is 3.03. The second-order valence-corrected chi connectivity index (χ2v) is 6.86. The Morgan fingerprint density at radius 1 is 1.28 bits per heavy atom. The maximum absolute atomic E-state index is 14.2. The van der Waals surface area contributed by atoms with Crippen LogP contribution in [0.15, 0.2) is 24.5 Å². The van der Waals surface area contributed by atoms with Crippen molar-refractivity contribution in [1.29, 1.82) is 0 Å². The van der Waals surface area contributed by atoms with Crippen LogP contribution in [0, 0.1) is 11.7 Å². The first-order chi connectivity index (χ1) is 12.0. The highest BCUT2D eigenvalue weighted by atomic mass is 35.5. The van der Waals surface area contributed by atoms with Gasteiger partial charge in [0.2, 0.25) is 5.91 Å². The van der Waals surface area contributed by atoms with Gasteiger partial charge in [0.25, 0.3) is 0 Å². The number of carbonyl (C=O) groups is 1. The van der Waals surface area contributed by atoms with E-state index in [1.54, 1.807) is 6.07 Å². The molecule has 3 N–H and O–H groups in total. The molecule has 8 heteroatoms. The third-order valence-electron chi connectivity index (χ3n) is 4.33. The van der Waals surface area contributed by atoms with E-state index in [9.17, 15) is 9.18 Å². The minimum absolute atomic E-state index is 0.0407. The molecule has 0 spiro atoms. The van der Waals surface area contributed by atoms with E-state index in [1.807, 2.05) is 0 Å². The average Bonchev–Trinajstić information content (AvgIpc) is 2.59. The lowest BCUT2D eigenvalue weighted by Crippen LogP contribution is -2.34. The Kier molecular flexibility index (Phi) is 5.51. The van der Waals surface area contributed by atoms with Gasteiger partial charge in [0.15, 0.2) is 0 Å². The number of amides is 1. The minimum atomic E-state index is -0.568. The fraction of sp³-hybridized carbons (Fsp3) is 0.353. The first-order valence-corrected chi connectivity index (χ1v) is 8.73. The van der Waals surface area contributed by atoms with Crippen molar-refractivity contribution in [2.75, 3.05) is 5.32 Å². The Hall–Kier alpha value is -1.76. The van der Waals surface area contributed by atoms with Gasteiger partial charge in [-0.3, -0.25) is 4.79 Å². The molecule has 0 saturated heterocycles. The van der Waals surface area contributed by atoms with Crippen LogP contribution in [-0.2, 0) is 4.79 Å². The van der Waals surface area contributed by atoms with Crippen molar-refractivity contribution in [2.45, 2.75) is 31.7 Å². The van der Waals surface area contributed by atoms with Gasteiger partial charge in [0, 0.05) is 29.3 Å². The molecular weight excluding hydrogens is 366 g/mol. The highest BCUT2D eigenvalue weighted by Gasteiger charge is 2.26. The van der Waals surface area contributed by atoms with Crippen LogP contribution in [0.25, 0.3) is 11.1 Å². The van der Waals surface area contributed by atoms with Crippen molar-refractivity contribution < 1.29 is 9.18 Å². The van der Waals surface area contributed by atoms with Crippen molar-refractivity contribution in [3.8, 4) is 11.1 Å². The van der Waals surface area contributed by atoms with Gasteiger partial charge in [-0.1, -0.05) is 29.6 Å². The predicted molar refractivity (Wildman–Crippen MR) is 96.0 cm³/mol. The number of rotatable bonds is 3. The largest absolute Gasteiger partial charge is 0.328 e. The maximum atomic E-state index is 14.2. The first-order valence-electron chi connectivity index (χ1n) is 7.98. The van der Waals surface area contributed by atoms with E-state index in [-0.39, 0.29) is 39.4 Å². The summed E-state index contributed by atoms with van der Waals surface area (Å²) < 4.78 is 14.2. The lowest BCUT2D eigenvalue weighted by atomic mass is 9.85. The van der Waals surface area contributed by atoms with Gasteiger partial charge in [0.05, 0.1) is 11.2 Å². The van der Waals surface area contributed by atoms with Crippen LogP contribution >= 0.6 is 23.2 Å². The quantitative estimate of drug-likeness (QED) is 0.784. The molecule has 2 atom stereocenters. The molecule has 2 aromatic heterocycles. The second-order valence-electron chi connectivity index (χ2n) is 6.13. The Morgan fingerprint density at radius 3 is 2.84 bits per heavy atom. The molecule has 1 fully saturated rings. The molecular formula is C17H17Cl2FN4O. The number of nitrogens with zero attached hydrogens (tertiary/aromatic N) is 2. The number of carbonyl (C=O) groups excluding carboxylic acids is 1. The van der Waals surface area contributed by atoms with Crippen LogP contribution < -0.4 is 11.1 Å².